The Labute approximate surface area is 151 Å². The van der Waals surface area contributed by atoms with Crippen LogP contribution in [0.5, 0.6) is 5.75 Å². The van der Waals surface area contributed by atoms with Gasteiger partial charge in [-0.25, -0.2) is 4.39 Å². The van der Waals surface area contributed by atoms with Gasteiger partial charge in [0.2, 0.25) is 0 Å². The molecule has 1 N–H and O–H groups in total. The summed E-state index contributed by atoms with van der Waals surface area (Å²) in [5.74, 6) is 0.636. The maximum absolute atomic E-state index is 12.9. The summed E-state index contributed by atoms with van der Waals surface area (Å²) >= 11 is 0. The zero-order valence-electron chi connectivity index (χ0n) is 14.5. The van der Waals surface area contributed by atoms with Crippen molar-refractivity contribution in [2.45, 2.75) is 18.8 Å². The number of carbonyl (C=O) groups is 1. The Balaban J connectivity index is 1.33. The van der Waals surface area contributed by atoms with Gasteiger partial charge in [-0.3, -0.25) is 4.79 Å². The maximum atomic E-state index is 12.9. The predicted octanol–water partition coefficient (Wildman–Crippen LogP) is 4.09. The van der Waals surface area contributed by atoms with Crippen molar-refractivity contribution in [1.82, 2.24) is 9.88 Å². The van der Waals surface area contributed by atoms with Gasteiger partial charge in [0.15, 0.2) is 6.61 Å². The number of aromatic nitrogens is 1. The van der Waals surface area contributed by atoms with Crippen molar-refractivity contribution >= 4 is 16.8 Å². The number of halogens is 1. The van der Waals surface area contributed by atoms with E-state index in [9.17, 15) is 9.18 Å². The normalized spacial score (nSPS) is 15.3. The zero-order valence-corrected chi connectivity index (χ0v) is 14.5. The Morgan fingerprint density at radius 3 is 2.62 bits per heavy atom. The number of hydrogen-bond donors (Lipinski definition) is 1. The Morgan fingerprint density at radius 1 is 1.12 bits per heavy atom. The molecule has 1 aliphatic heterocycles. The average Bonchev–Trinajstić information content (AvgIpc) is 3.11. The third-order valence-corrected chi connectivity index (χ3v) is 5.08. The highest BCUT2D eigenvalue weighted by molar-refractivity contribution is 5.83. The van der Waals surface area contributed by atoms with Crippen molar-refractivity contribution in [1.29, 1.82) is 0 Å². The van der Waals surface area contributed by atoms with Gasteiger partial charge in [0, 0.05) is 30.2 Å². The number of likely N-dealkylation sites (tertiary alicyclic amines) is 1. The molecule has 1 amide bonds. The predicted molar refractivity (Wildman–Crippen MR) is 98.7 cm³/mol. The molecular weight excluding hydrogens is 331 g/mol. The molecule has 0 unspecified atom stereocenters. The van der Waals surface area contributed by atoms with Crippen LogP contribution in [0.1, 0.15) is 24.3 Å². The number of ether oxygens (including phenoxy) is 1. The van der Waals surface area contributed by atoms with Gasteiger partial charge >= 0.3 is 0 Å². The molecule has 134 valence electrons. The van der Waals surface area contributed by atoms with Crippen molar-refractivity contribution in [3.63, 3.8) is 0 Å². The van der Waals surface area contributed by atoms with Crippen molar-refractivity contribution in [2.24, 2.45) is 0 Å². The molecule has 0 saturated carbocycles. The van der Waals surface area contributed by atoms with Gasteiger partial charge in [-0.2, -0.15) is 0 Å². The number of rotatable bonds is 4. The molecule has 3 aromatic rings. The summed E-state index contributed by atoms with van der Waals surface area (Å²) in [7, 11) is 0. The number of nitrogens with zero attached hydrogens (tertiary/aromatic N) is 1. The first-order valence-electron chi connectivity index (χ1n) is 8.93. The number of aromatic amines is 1. The first-order chi connectivity index (χ1) is 12.7. The highest BCUT2D eigenvalue weighted by Crippen LogP contribution is 2.33. The lowest BCUT2D eigenvalue weighted by Crippen LogP contribution is -2.40. The third-order valence-electron chi connectivity index (χ3n) is 5.08. The second kappa shape index (κ2) is 7.20. The van der Waals surface area contributed by atoms with Crippen molar-refractivity contribution < 1.29 is 13.9 Å². The van der Waals surface area contributed by atoms with E-state index in [0.717, 1.165) is 31.4 Å². The minimum absolute atomic E-state index is 0.0105. The number of para-hydroxylation sites is 1. The van der Waals surface area contributed by atoms with E-state index in [0.29, 0.717) is 11.7 Å². The molecule has 4 nitrogen and oxygen atoms in total. The molecule has 2 heterocycles. The molecule has 0 bridgehead atoms. The smallest absolute Gasteiger partial charge is 0.260 e. The van der Waals surface area contributed by atoms with Crippen LogP contribution in [-0.2, 0) is 4.79 Å². The number of fused-ring (bicyclic) bond motifs is 1. The molecule has 1 saturated heterocycles. The number of hydrogen-bond acceptors (Lipinski definition) is 2. The van der Waals surface area contributed by atoms with Crippen molar-refractivity contribution in [3.05, 3.63) is 66.1 Å². The summed E-state index contributed by atoms with van der Waals surface area (Å²) in [6, 6.07) is 14.0. The fourth-order valence-corrected chi connectivity index (χ4v) is 3.64. The molecule has 1 aliphatic rings. The highest BCUT2D eigenvalue weighted by Gasteiger charge is 2.25. The second-order valence-corrected chi connectivity index (χ2v) is 6.69. The highest BCUT2D eigenvalue weighted by atomic mass is 19.1. The largest absolute Gasteiger partial charge is 0.484 e. The van der Waals surface area contributed by atoms with Crippen LogP contribution in [0, 0.1) is 5.82 Å². The van der Waals surface area contributed by atoms with E-state index in [1.54, 1.807) is 0 Å². The van der Waals surface area contributed by atoms with Crippen molar-refractivity contribution in [2.75, 3.05) is 19.7 Å². The number of H-pyrrole nitrogens is 1. The maximum Gasteiger partial charge on any atom is 0.260 e. The molecule has 2 aromatic carbocycles. The standard InChI is InChI=1S/C21H21FN2O2/c22-16-5-7-17(8-6-16)26-14-21(25)24-11-9-15(10-12-24)19-13-23-20-4-2-1-3-18(19)20/h1-8,13,15,23H,9-12,14H2. The summed E-state index contributed by atoms with van der Waals surface area (Å²) in [6.07, 6.45) is 4.00. The quantitative estimate of drug-likeness (QED) is 0.769. The fourth-order valence-electron chi connectivity index (χ4n) is 3.64. The summed E-state index contributed by atoms with van der Waals surface area (Å²) in [5, 5.41) is 1.27. The van der Waals surface area contributed by atoms with Crippen LogP contribution >= 0.6 is 0 Å². The van der Waals surface area contributed by atoms with Crippen LogP contribution in [0.3, 0.4) is 0 Å². The average molecular weight is 352 g/mol. The van der Waals surface area contributed by atoms with E-state index in [-0.39, 0.29) is 18.3 Å². The summed E-state index contributed by atoms with van der Waals surface area (Å²) in [6.45, 7) is 1.45. The van der Waals surface area contributed by atoms with Gasteiger partial charge < -0.3 is 14.6 Å². The van der Waals surface area contributed by atoms with Crippen LogP contribution in [0.15, 0.2) is 54.7 Å². The minimum atomic E-state index is -0.317. The lowest BCUT2D eigenvalue weighted by molar-refractivity contribution is -0.134. The molecule has 1 aromatic heterocycles. The SMILES string of the molecule is O=C(COc1ccc(F)cc1)N1CCC(c2c[nH]c3ccccc23)CC1. The van der Waals surface area contributed by atoms with E-state index >= 15 is 0 Å². The number of carbonyl (C=O) groups excluding carboxylic acids is 1. The van der Waals surface area contributed by atoms with Gasteiger partial charge in [0.1, 0.15) is 11.6 Å². The first kappa shape index (κ1) is 16.6. The van der Waals surface area contributed by atoms with E-state index < -0.39 is 0 Å². The van der Waals surface area contributed by atoms with Gasteiger partial charge in [-0.15, -0.1) is 0 Å². The Morgan fingerprint density at radius 2 is 1.85 bits per heavy atom. The summed E-state index contributed by atoms with van der Waals surface area (Å²) < 4.78 is 18.4. The molecular formula is C21H21FN2O2. The molecule has 5 heteroatoms. The third kappa shape index (κ3) is 3.43. The van der Waals surface area contributed by atoms with Gasteiger partial charge in [-0.1, -0.05) is 18.2 Å². The van der Waals surface area contributed by atoms with Crippen LogP contribution in [0.4, 0.5) is 4.39 Å². The van der Waals surface area contributed by atoms with Gasteiger partial charge in [-0.05, 0) is 54.7 Å². The lowest BCUT2D eigenvalue weighted by atomic mass is 9.89. The molecule has 0 atom stereocenters. The number of nitrogens with one attached hydrogen (secondary N) is 1. The van der Waals surface area contributed by atoms with Gasteiger partial charge in [0.05, 0.1) is 0 Å². The minimum Gasteiger partial charge on any atom is -0.484 e. The van der Waals surface area contributed by atoms with Crippen LogP contribution in [0.25, 0.3) is 10.9 Å². The molecule has 26 heavy (non-hydrogen) atoms. The number of benzene rings is 2. The molecule has 0 aliphatic carbocycles. The molecule has 1 fully saturated rings. The zero-order chi connectivity index (χ0) is 17.9. The van der Waals surface area contributed by atoms with Crippen LogP contribution < -0.4 is 4.74 Å². The van der Waals surface area contributed by atoms with Crippen LogP contribution in [0.2, 0.25) is 0 Å². The van der Waals surface area contributed by atoms with E-state index in [1.165, 1.54) is 35.2 Å². The topological polar surface area (TPSA) is 45.3 Å². The number of amides is 1. The van der Waals surface area contributed by atoms with Crippen LogP contribution in [-0.4, -0.2) is 35.5 Å². The molecule has 4 rings (SSSR count). The Bertz CT molecular complexity index is 896. The van der Waals surface area contributed by atoms with E-state index in [4.69, 9.17) is 4.74 Å². The van der Waals surface area contributed by atoms with E-state index in [1.807, 2.05) is 11.0 Å². The molecule has 0 spiro atoms. The summed E-state index contributed by atoms with van der Waals surface area (Å²) in [5.41, 5.74) is 2.50. The Hall–Kier alpha value is -2.82. The Kier molecular flexibility index (Phi) is 4.61. The lowest BCUT2D eigenvalue weighted by Gasteiger charge is -2.32. The fraction of sp³-hybridized carbons (Fsp3) is 0.286. The first-order valence-corrected chi connectivity index (χ1v) is 8.93. The van der Waals surface area contributed by atoms with Gasteiger partial charge in [0.25, 0.3) is 5.91 Å². The number of piperidine rings is 1. The van der Waals surface area contributed by atoms with Crippen molar-refractivity contribution in [3.8, 4) is 5.75 Å². The monoisotopic (exact) mass is 352 g/mol. The molecule has 0 radical (unpaired) electrons. The van der Waals surface area contributed by atoms with E-state index in [2.05, 4.69) is 29.4 Å². The summed E-state index contributed by atoms with van der Waals surface area (Å²) in [4.78, 5) is 17.6. The second-order valence-electron chi connectivity index (χ2n) is 6.69.